The van der Waals surface area contributed by atoms with Crippen LogP contribution in [0.1, 0.15) is 17.2 Å². The number of hydrogen-bond acceptors (Lipinski definition) is 1. The Bertz CT molecular complexity index is 649. The Hall–Kier alpha value is -1.04. The molecule has 0 heterocycles. The molecule has 6 heteroatoms. The maximum absolute atomic E-state index is 13.4. The van der Waals surface area contributed by atoms with Crippen LogP contribution in [0.25, 0.3) is 0 Å². The van der Waals surface area contributed by atoms with E-state index in [0.717, 1.165) is 12.1 Å². The van der Waals surface area contributed by atoms with Gasteiger partial charge in [-0.15, -0.1) is 0 Å². The standard InChI is InChI=1S/C14H10BrClF3N/c1-20-14(8-4-7(17)2-3-10(8)15)9-5-12(18)13(19)6-11(9)16/h2-6,14,20H,1H3. The second kappa shape index (κ2) is 6.16. The van der Waals surface area contributed by atoms with Gasteiger partial charge in [0.05, 0.1) is 6.04 Å². The molecule has 0 aliphatic heterocycles. The van der Waals surface area contributed by atoms with E-state index in [4.69, 9.17) is 11.6 Å². The molecule has 0 aliphatic carbocycles. The first-order chi connectivity index (χ1) is 9.43. The zero-order valence-corrected chi connectivity index (χ0v) is 12.7. The van der Waals surface area contributed by atoms with Crippen molar-refractivity contribution < 1.29 is 13.2 Å². The van der Waals surface area contributed by atoms with Gasteiger partial charge in [-0.2, -0.15) is 0 Å². The van der Waals surface area contributed by atoms with E-state index in [1.54, 1.807) is 13.1 Å². The van der Waals surface area contributed by atoms with Gasteiger partial charge in [-0.3, -0.25) is 0 Å². The molecule has 106 valence electrons. The van der Waals surface area contributed by atoms with Crippen molar-refractivity contribution in [2.75, 3.05) is 7.05 Å². The summed E-state index contributed by atoms with van der Waals surface area (Å²) >= 11 is 9.27. The maximum Gasteiger partial charge on any atom is 0.160 e. The first-order valence-corrected chi connectivity index (χ1v) is 6.87. The minimum atomic E-state index is -1.02. The van der Waals surface area contributed by atoms with Crippen LogP contribution in [0, 0.1) is 17.5 Å². The molecule has 0 radical (unpaired) electrons. The normalized spacial score (nSPS) is 12.5. The molecule has 0 aliphatic rings. The molecule has 0 amide bonds. The Morgan fingerprint density at radius 1 is 1.05 bits per heavy atom. The third-order valence-electron chi connectivity index (χ3n) is 2.91. The fourth-order valence-electron chi connectivity index (χ4n) is 1.97. The van der Waals surface area contributed by atoms with Crippen molar-refractivity contribution in [3.63, 3.8) is 0 Å². The van der Waals surface area contributed by atoms with Gasteiger partial charge in [0.1, 0.15) is 5.82 Å². The van der Waals surface area contributed by atoms with Gasteiger partial charge in [0.15, 0.2) is 11.6 Å². The molecule has 0 bridgehead atoms. The van der Waals surface area contributed by atoms with Gasteiger partial charge in [-0.1, -0.05) is 27.5 Å². The van der Waals surface area contributed by atoms with Crippen LogP contribution in [0.4, 0.5) is 13.2 Å². The largest absolute Gasteiger partial charge is 0.309 e. The lowest BCUT2D eigenvalue weighted by molar-refractivity contribution is 0.505. The molecule has 1 N–H and O–H groups in total. The predicted molar refractivity (Wildman–Crippen MR) is 76.4 cm³/mol. The molecule has 0 saturated heterocycles. The van der Waals surface area contributed by atoms with Gasteiger partial charge in [0, 0.05) is 9.50 Å². The van der Waals surface area contributed by atoms with Crippen molar-refractivity contribution >= 4 is 27.5 Å². The Morgan fingerprint density at radius 3 is 2.35 bits per heavy atom. The fourth-order valence-corrected chi connectivity index (χ4v) is 2.71. The van der Waals surface area contributed by atoms with E-state index in [2.05, 4.69) is 21.2 Å². The highest BCUT2D eigenvalue weighted by atomic mass is 79.9. The predicted octanol–water partition coefficient (Wildman–Crippen LogP) is 4.83. The molecule has 2 rings (SSSR count). The molecule has 1 nitrogen and oxygen atoms in total. The van der Waals surface area contributed by atoms with E-state index in [-0.39, 0.29) is 5.02 Å². The van der Waals surface area contributed by atoms with Gasteiger partial charge in [-0.05, 0) is 48.5 Å². The lowest BCUT2D eigenvalue weighted by Crippen LogP contribution is -2.19. The quantitative estimate of drug-likeness (QED) is 0.769. The van der Waals surface area contributed by atoms with Crippen molar-refractivity contribution in [2.45, 2.75) is 6.04 Å². The summed E-state index contributed by atoms with van der Waals surface area (Å²) in [5.74, 6) is -2.45. The van der Waals surface area contributed by atoms with E-state index in [0.29, 0.717) is 15.6 Å². The Morgan fingerprint density at radius 2 is 1.70 bits per heavy atom. The summed E-state index contributed by atoms with van der Waals surface area (Å²) in [6, 6.07) is 5.50. The van der Waals surface area contributed by atoms with Crippen LogP contribution in [0.3, 0.4) is 0 Å². The lowest BCUT2D eigenvalue weighted by atomic mass is 9.98. The number of hydrogen-bond donors (Lipinski definition) is 1. The van der Waals surface area contributed by atoms with Gasteiger partial charge in [0.2, 0.25) is 0 Å². The maximum atomic E-state index is 13.4. The van der Waals surface area contributed by atoms with Crippen LogP contribution >= 0.6 is 27.5 Å². The fraction of sp³-hybridized carbons (Fsp3) is 0.143. The number of nitrogens with one attached hydrogen (secondary N) is 1. The molecule has 20 heavy (non-hydrogen) atoms. The van der Waals surface area contributed by atoms with E-state index in [9.17, 15) is 13.2 Å². The first-order valence-electron chi connectivity index (χ1n) is 5.70. The molecule has 0 aromatic heterocycles. The summed E-state index contributed by atoms with van der Waals surface area (Å²) in [7, 11) is 1.62. The van der Waals surface area contributed by atoms with Crippen LogP contribution in [-0.2, 0) is 0 Å². The van der Waals surface area contributed by atoms with E-state index >= 15 is 0 Å². The highest BCUT2D eigenvalue weighted by Gasteiger charge is 2.20. The molecular formula is C14H10BrClF3N. The van der Waals surface area contributed by atoms with Crippen molar-refractivity contribution in [1.29, 1.82) is 0 Å². The average molecular weight is 365 g/mol. The highest BCUT2D eigenvalue weighted by molar-refractivity contribution is 9.10. The summed E-state index contributed by atoms with van der Waals surface area (Å²) in [6.45, 7) is 0. The molecule has 2 aromatic carbocycles. The van der Waals surface area contributed by atoms with Crippen molar-refractivity contribution in [1.82, 2.24) is 5.32 Å². The minimum Gasteiger partial charge on any atom is -0.309 e. The lowest BCUT2D eigenvalue weighted by Gasteiger charge is -2.20. The summed E-state index contributed by atoms with van der Waals surface area (Å²) in [5.41, 5.74) is 0.875. The van der Waals surface area contributed by atoms with Crippen LogP contribution < -0.4 is 5.32 Å². The monoisotopic (exact) mass is 363 g/mol. The smallest absolute Gasteiger partial charge is 0.160 e. The Kier molecular flexibility index (Phi) is 4.73. The molecule has 1 unspecified atom stereocenters. The molecule has 0 spiro atoms. The van der Waals surface area contributed by atoms with E-state index in [1.165, 1.54) is 12.1 Å². The van der Waals surface area contributed by atoms with E-state index in [1.807, 2.05) is 0 Å². The minimum absolute atomic E-state index is 0.0689. The average Bonchev–Trinajstić information content (AvgIpc) is 2.40. The van der Waals surface area contributed by atoms with Crippen molar-refractivity contribution in [2.24, 2.45) is 0 Å². The van der Waals surface area contributed by atoms with Crippen LogP contribution in [-0.4, -0.2) is 7.05 Å². The van der Waals surface area contributed by atoms with Crippen LogP contribution in [0.5, 0.6) is 0 Å². The SMILES string of the molecule is CNC(c1cc(F)c(F)cc1Cl)c1cc(F)ccc1Br. The van der Waals surface area contributed by atoms with E-state index < -0.39 is 23.5 Å². The number of halogens is 5. The number of rotatable bonds is 3. The van der Waals surface area contributed by atoms with Crippen molar-refractivity contribution in [3.05, 3.63) is 68.4 Å². The van der Waals surface area contributed by atoms with Crippen LogP contribution in [0.2, 0.25) is 5.02 Å². The van der Waals surface area contributed by atoms with Crippen LogP contribution in [0.15, 0.2) is 34.8 Å². The second-order valence-electron chi connectivity index (χ2n) is 4.18. The zero-order valence-electron chi connectivity index (χ0n) is 10.4. The third-order valence-corrected chi connectivity index (χ3v) is 3.96. The van der Waals surface area contributed by atoms with Gasteiger partial charge >= 0.3 is 0 Å². The van der Waals surface area contributed by atoms with Crippen molar-refractivity contribution in [3.8, 4) is 0 Å². The summed E-state index contributed by atoms with van der Waals surface area (Å²) in [5, 5.41) is 2.99. The topological polar surface area (TPSA) is 12.0 Å². The Labute approximate surface area is 127 Å². The Balaban J connectivity index is 2.58. The van der Waals surface area contributed by atoms with Gasteiger partial charge in [0.25, 0.3) is 0 Å². The molecule has 2 aromatic rings. The molecule has 0 fully saturated rings. The van der Waals surface area contributed by atoms with Gasteiger partial charge < -0.3 is 5.32 Å². The number of benzene rings is 2. The molecule has 1 atom stereocenters. The molecule has 0 saturated carbocycles. The third kappa shape index (κ3) is 3.00. The highest BCUT2D eigenvalue weighted by Crippen LogP contribution is 2.33. The summed E-state index contributed by atoms with van der Waals surface area (Å²) < 4.78 is 40.6. The summed E-state index contributed by atoms with van der Waals surface area (Å²) in [6.07, 6.45) is 0. The first kappa shape index (κ1) is 15.4. The summed E-state index contributed by atoms with van der Waals surface area (Å²) in [4.78, 5) is 0. The second-order valence-corrected chi connectivity index (χ2v) is 5.44. The zero-order chi connectivity index (χ0) is 14.9. The molecular weight excluding hydrogens is 355 g/mol. The van der Waals surface area contributed by atoms with Gasteiger partial charge in [-0.25, -0.2) is 13.2 Å².